The summed E-state index contributed by atoms with van der Waals surface area (Å²) in [6, 6.07) is 6.59. The van der Waals surface area contributed by atoms with Crippen LogP contribution in [0.4, 0.5) is 15.9 Å². The molecule has 8 nitrogen and oxygen atoms in total. The quantitative estimate of drug-likeness (QED) is 0.397. The minimum absolute atomic E-state index is 0.0312. The molecule has 3 aromatic rings. The summed E-state index contributed by atoms with van der Waals surface area (Å²) in [4.78, 5) is 30.4. The topological polar surface area (TPSA) is 82.0 Å². The van der Waals surface area contributed by atoms with Crippen molar-refractivity contribution in [1.29, 1.82) is 0 Å². The number of aromatic hydroxyl groups is 1. The maximum Gasteiger partial charge on any atom is 0.318 e. The largest absolute Gasteiger partial charge is 0.508 e. The van der Waals surface area contributed by atoms with Gasteiger partial charge in [0.2, 0.25) is 0 Å². The SMILES string of the molecule is CCc1c(F)ccc2cc(O)cc(N3Cc4nc(OCC56CCCN5CCC6)nc(N5CCCC(C)CC5)c4C3=O)c12. The fourth-order valence-corrected chi connectivity index (χ4v) is 7.82. The normalized spacial score (nSPS) is 22.1. The van der Waals surface area contributed by atoms with Crippen LogP contribution in [0.15, 0.2) is 24.3 Å². The lowest BCUT2D eigenvalue weighted by atomic mass is 9.95. The average molecular weight is 574 g/mol. The lowest BCUT2D eigenvalue weighted by Gasteiger charge is -2.31. The molecule has 3 saturated heterocycles. The number of hydrogen-bond acceptors (Lipinski definition) is 7. The predicted molar refractivity (Wildman–Crippen MR) is 161 cm³/mol. The molecule has 4 aliphatic heterocycles. The van der Waals surface area contributed by atoms with Crippen molar-refractivity contribution in [3.8, 4) is 11.8 Å². The first-order valence-corrected chi connectivity index (χ1v) is 15.7. The summed E-state index contributed by atoms with van der Waals surface area (Å²) in [5.74, 6) is 0.740. The highest BCUT2D eigenvalue weighted by Crippen LogP contribution is 2.42. The number of rotatable bonds is 6. The third-order valence-electron chi connectivity index (χ3n) is 10.1. The van der Waals surface area contributed by atoms with E-state index in [4.69, 9.17) is 14.7 Å². The van der Waals surface area contributed by atoms with E-state index < -0.39 is 0 Å². The highest BCUT2D eigenvalue weighted by molar-refractivity contribution is 6.16. The Labute approximate surface area is 246 Å². The van der Waals surface area contributed by atoms with Gasteiger partial charge in [-0.3, -0.25) is 9.69 Å². The van der Waals surface area contributed by atoms with E-state index in [1.807, 2.05) is 6.92 Å². The fraction of sp³-hybridized carbons (Fsp3) is 0.545. The van der Waals surface area contributed by atoms with Crippen LogP contribution < -0.4 is 14.5 Å². The number of phenols is 1. The van der Waals surface area contributed by atoms with Crippen LogP contribution in [0.1, 0.15) is 80.4 Å². The van der Waals surface area contributed by atoms with Crippen molar-refractivity contribution in [2.45, 2.75) is 77.3 Å². The van der Waals surface area contributed by atoms with Crippen LogP contribution in [0.2, 0.25) is 0 Å². The monoisotopic (exact) mass is 573 g/mol. The van der Waals surface area contributed by atoms with E-state index in [2.05, 4.69) is 16.7 Å². The van der Waals surface area contributed by atoms with E-state index in [1.54, 1.807) is 23.1 Å². The van der Waals surface area contributed by atoms with Crippen molar-refractivity contribution in [3.63, 3.8) is 0 Å². The Balaban J connectivity index is 1.29. The molecule has 0 radical (unpaired) electrons. The second kappa shape index (κ2) is 10.7. The molecular weight excluding hydrogens is 533 g/mol. The average Bonchev–Trinajstić information content (AvgIpc) is 3.60. The van der Waals surface area contributed by atoms with Crippen molar-refractivity contribution >= 4 is 28.2 Å². The lowest BCUT2D eigenvalue weighted by molar-refractivity contribution is 0.0996. The number of anilines is 2. The Morgan fingerprint density at radius 1 is 1.07 bits per heavy atom. The summed E-state index contributed by atoms with van der Waals surface area (Å²) in [6.07, 6.45) is 8.30. The Morgan fingerprint density at radius 2 is 1.88 bits per heavy atom. The summed E-state index contributed by atoms with van der Waals surface area (Å²) in [5, 5.41) is 12.0. The van der Waals surface area contributed by atoms with E-state index in [9.17, 15) is 14.3 Å². The van der Waals surface area contributed by atoms with Gasteiger partial charge in [-0.25, -0.2) is 4.39 Å². The van der Waals surface area contributed by atoms with Gasteiger partial charge in [0.15, 0.2) is 0 Å². The molecule has 1 atom stereocenters. The van der Waals surface area contributed by atoms with Crippen molar-refractivity contribution in [2.75, 3.05) is 42.6 Å². The number of benzene rings is 2. The first-order valence-electron chi connectivity index (χ1n) is 15.7. The van der Waals surface area contributed by atoms with Crippen LogP contribution in [0.5, 0.6) is 11.8 Å². The van der Waals surface area contributed by atoms with Crippen molar-refractivity contribution in [2.24, 2.45) is 5.92 Å². The number of carbonyl (C=O) groups excluding carboxylic acids is 1. The Hall–Kier alpha value is -3.46. The molecule has 7 rings (SSSR count). The number of amides is 1. The van der Waals surface area contributed by atoms with Crippen molar-refractivity contribution in [1.82, 2.24) is 14.9 Å². The van der Waals surface area contributed by atoms with Crippen LogP contribution >= 0.6 is 0 Å². The fourth-order valence-electron chi connectivity index (χ4n) is 7.82. The highest BCUT2D eigenvalue weighted by atomic mass is 19.1. The number of carbonyl (C=O) groups is 1. The van der Waals surface area contributed by atoms with Gasteiger partial charge in [0.1, 0.15) is 29.6 Å². The molecule has 0 bridgehead atoms. The van der Waals surface area contributed by atoms with Gasteiger partial charge in [0.05, 0.1) is 23.5 Å². The minimum atomic E-state index is -0.316. The number of hydrogen-bond donors (Lipinski definition) is 1. The molecular formula is C33H40FN5O3. The molecule has 0 spiro atoms. The molecule has 9 heteroatoms. The molecule has 0 saturated carbocycles. The maximum absolute atomic E-state index is 15.0. The number of aryl methyl sites for hydroxylation is 1. The van der Waals surface area contributed by atoms with Gasteiger partial charge in [-0.1, -0.05) is 19.9 Å². The third-order valence-corrected chi connectivity index (χ3v) is 10.1. The van der Waals surface area contributed by atoms with E-state index in [0.717, 1.165) is 58.3 Å². The van der Waals surface area contributed by atoms with Gasteiger partial charge >= 0.3 is 6.01 Å². The molecule has 222 valence electrons. The Morgan fingerprint density at radius 3 is 2.67 bits per heavy atom. The molecule has 42 heavy (non-hydrogen) atoms. The van der Waals surface area contributed by atoms with Crippen LogP contribution in [-0.2, 0) is 13.0 Å². The van der Waals surface area contributed by atoms with E-state index >= 15 is 0 Å². The zero-order valence-corrected chi connectivity index (χ0v) is 24.7. The second-order valence-electron chi connectivity index (χ2n) is 12.7. The van der Waals surface area contributed by atoms with Gasteiger partial charge in [0.25, 0.3) is 5.91 Å². The van der Waals surface area contributed by atoms with E-state index in [1.165, 1.54) is 18.9 Å². The number of phenolic OH excluding ortho intramolecular Hbond substituents is 1. The summed E-state index contributed by atoms with van der Waals surface area (Å²) in [7, 11) is 0. The lowest BCUT2D eigenvalue weighted by Crippen LogP contribution is -2.43. The number of ether oxygens (including phenoxy) is 1. The molecule has 2 aromatic carbocycles. The molecule has 1 aromatic heterocycles. The number of fused-ring (bicyclic) bond motifs is 3. The maximum atomic E-state index is 15.0. The molecule has 3 fully saturated rings. The molecule has 1 unspecified atom stereocenters. The van der Waals surface area contributed by atoms with Crippen LogP contribution in [-0.4, -0.2) is 64.2 Å². The van der Waals surface area contributed by atoms with Crippen LogP contribution in [0.3, 0.4) is 0 Å². The predicted octanol–water partition coefficient (Wildman–Crippen LogP) is 5.83. The standard InChI is InChI=1S/C33H40FN5O3/c1-3-24-25(34)9-8-22-17-23(40)18-27(28(22)24)39-19-26-29(31(39)41)30(37-13-4-7-21(2)10-16-37)36-32(35-26)42-20-33-11-5-14-38(33)15-6-12-33/h8-9,17-18,21,40H,3-7,10-16,19-20H2,1-2H3. The van der Waals surface area contributed by atoms with Gasteiger partial charge in [-0.15, -0.1) is 0 Å². The summed E-state index contributed by atoms with van der Waals surface area (Å²) in [5.41, 5.74) is 2.19. The second-order valence-corrected chi connectivity index (χ2v) is 12.7. The molecule has 1 N–H and O–H groups in total. The molecule has 5 heterocycles. The zero-order valence-electron chi connectivity index (χ0n) is 24.7. The minimum Gasteiger partial charge on any atom is -0.508 e. The smallest absolute Gasteiger partial charge is 0.318 e. The Kier molecular flexibility index (Phi) is 6.95. The zero-order chi connectivity index (χ0) is 29.0. The number of halogens is 1. The molecule has 1 amide bonds. The van der Waals surface area contributed by atoms with E-state index in [0.29, 0.717) is 64.1 Å². The van der Waals surface area contributed by atoms with Crippen LogP contribution in [0.25, 0.3) is 10.8 Å². The first-order chi connectivity index (χ1) is 20.4. The van der Waals surface area contributed by atoms with Crippen LogP contribution in [0, 0.1) is 11.7 Å². The highest BCUT2D eigenvalue weighted by Gasteiger charge is 2.45. The van der Waals surface area contributed by atoms with E-state index in [-0.39, 0.29) is 29.6 Å². The van der Waals surface area contributed by atoms with Gasteiger partial charge in [-0.05, 0) is 93.5 Å². The summed E-state index contributed by atoms with van der Waals surface area (Å²) < 4.78 is 21.4. The van der Waals surface area contributed by atoms with Crippen molar-refractivity contribution in [3.05, 3.63) is 46.9 Å². The third kappa shape index (κ3) is 4.57. The summed E-state index contributed by atoms with van der Waals surface area (Å²) in [6.45, 7) is 8.81. The summed E-state index contributed by atoms with van der Waals surface area (Å²) >= 11 is 0. The van der Waals surface area contributed by atoms with Gasteiger partial charge in [-0.2, -0.15) is 9.97 Å². The molecule has 4 aliphatic rings. The number of aromatic nitrogens is 2. The Bertz CT molecular complexity index is 1530. The molecule has 0 aliphatic carbocycles. The first kappa shape index (κ1) is 27.4. The van der Waals surface area contributed by atoms with Gasteiger partial charge in [0, 0.05) is 24.5 Å². The number of nitrogens with zero attached hydrogens (tertiary/aromatic N) is 5. The van der Waals surface area contributed by atoms with Gasteiger partial charge < -0.3 is 19.6 Å². The van der Waals surface area contributed by atoms with Crippen molar-refractivity contribution < 1.29 is 19.0 Å².